The first kappa shape index (κ1) is 22.0. The molecule has 1 aromatic heterocycles. The minimum atomic E-state index is -0.592. The summed E-state index contributed by atoms with van der Waals surface area (Å²) >= 11 is 2.83. The van der Waals surface area contributed by atoms with E-state index in [1.165, 1.54) is 35.2 Å². The maximum atomic E-state index is 13.2. The number of hydrogen-bond donors (Lipinski definition) is 1. The number of halogens is 1. The van der Waals surface area contributed by atoms with Crippen LogP contribution in [-0.2, 0) is 11.2 Å². The van der Waals surface area contributed by atoms with E-state index in [1.54, 1.807) is 48.2 Å². The highest BCUT2D eigenvalue weighted by atomic mass is 32.2. The molecule has 0 bridgehead atoms. The molecule has 1 aliphatic heterocycles. The molecular formula is C23H19FN4O2S2. The highest BCUT2D eigenvalue weighted by molar-refractivity contribution is 7.99. The predicted octanol–water partition coefficient (Wildman–Crippen LogP) is 4.21. The van der Waals surface area contributed by atoms with Gasteiger partial charge >= 0.3 is 0 Å². The summed E-state index contributed by atoms with van der Waals surface area (Å²) in [6.45, 7) is 1.78. The third-order valence-corrected chi connectivity index (χ3v) is 7.19. The zero-order valence-electron chi connectivity index (χ0n) is 17.2. The van der Waals surface area contributed by atoms with Crippen LogP contribution in [0.1, 0.15) is 31.5 Å². The van der Waals surface area contributed by atoms with E-state index in [0.29, 0.717) is 39.9 Å². The maximum Gasteiger partial charge on any atom is 0.267 e. The number of aromatic nitrogens is 1. The molecule has 0 spiro atoms. The smallest absolute Gasteiger partial charge is 0.267 e. The van der Waals surface area contributed by atoms with Crippen molar-refractivity contribution in [3.8, 4) is 6.07 Å². The monoisotopic (exact) mass is 466 g/mol. The molecule has 162 valence electrons. The Morgan fingerprint density at radius 3 is 2.62 bits per heavy atom. The molecule has 1 atom stereocenters. The summed E-state index contributed by atoms with van der Waals surface area (Å²) < 4.78 is 13.1. The number of aryl methyl sites for hydroxylation is 1. The molecule has 1 aliphatic rings. The van der Waals surface area contributed by atoms with Crippen LogP contribution >= 0.6 is 23.1 Å². The van der Waals surface area contributed by atoms with E-state index in [-0.39, 0.29) is 17.6 Å². The Labute approximate surface area is 193 Å². The first-order chi connectivity index (χ1) is 15.4. The molecule has 4 rings (SSSR count). The van der Waals surface area contributed by atoms with Crippen molar-refractivity contribution in [3.63, 3.8) is 0 Å². The first-order valence-electron chi connectivity index (χ1n) is 9.85. The lowest BCUT2D eigenvalue weighted by molar-refractivity contribution is -0.119. The van der Waals surface area contributed by atoms with E-state index in [0.717, 1.165) is 10.6 Å². The van der Waals surface area contributed by atoms with Crippen LogP contribution in [0.4, 0.5) is 10.1 Å². The van der Waals surface area contributed by atoms with Crippen molar-refractivity contribution in [2.45, 2.75) is 19.4 Å². The summed E-state index contributed by atoms with van der Waals surface area (Å²) in [5.74, 6) is 0.164. The van der Waals surface area contributed by atoms with Gasteiger partial charge in [0.2, 0.25) is 5.91 Å². The van der Waals surface area contributed by atoms with Gasteiger partial charge in [0.1, 0.15) is 16.7 Å². The number of amides is 2. The standard InChI is InChI=1S/C23H19FN4O2S2/c1-14-21(32-20(26-14)10-15-2-6-17(24)7-3-15)23(30)28-13-31-12-19(28)22(29)27-18-8-4-16(11-25)5-9-18/h2-9,19H,10,12-13H2,1H3,(H,27,29). The largest absolute Gasteiger partial charge is 0.324 e. The van der Waals surface area contributed by atoms with E-state index in [1.807, 2.05) is 6.07 Å². The van der Waals surface area contributed by atoms with Gasteiger partial charge in [0, 0.05) is 17.9 Å². The summed E-state index contributed by atoms with van der Waals surface area (Å²) in [4.78, 5) is 32.7. The molecule has 1 saturated heterocycles. The van der Waals surface area contributed by atoms with Crippen molar-refractivity contribution in [1.82, 2.24) is 9.88 Å². The van der Waals surface area contributed by atoms with Crippen molar-refractivity contribution >= 4 is 40.6 Å². The number of nitrogens with one attached hydrogen (secondary N) is 1. The number of carbonyl (C=O) groups excluding carboxylic acids is 2. The lowest BCUT2D eigenvalue weighted by atomic mass is 10.1. The second-order valence-electron chi connectivity index (χ2n) is 7.29. The third kappa shape index (κ3) is 4.82. The van der Waals surface area contributed by atoms with Crippen molar-refractivity contribution in [1.29, 1.82) is 5.26 Å². The van der Waals surface area contributed by atoms with Gasteiger partial charge in [-0.3, -0.25) is 9.59 Å². The highest BCUT2D eigenvalue weighted by Crippen LogP contribution is 2.28. The molecule has 2 aromatic carbocycles. The molecule has 1 fully saturated rings. The molecule has 0 radical (unpaired) electrons. The van der Waals surface area contributed by atoms with Crippen LogP contribution in [0.2, 0.25) is 0 Å². The zero-order valence-corrected chi connectivity index (χ0v) is 18.8. The Morgan fingerprint density at radius 1 is 1.22 bits per heavy atom. The fourth-order valence-electron chi connectivity index (χ4n) is 3.35. The van der Waals surface area contributed by atoms with E-state index < -0.39 is 6.04 Å². The lowest BCUT2D eigenvalue weighted by Gasteiger charge is -2.22. The number of thioether (sulfide) groups is 1. The van der Waals surface area contributed by atoms with Crippen LogP contribution in [0.5, 0.6) is 0 Å². The summed E-state index contributed by atoms with van der Waals surface area (Å²) in [7, 11) is 0. The van der Waals surface area contributed by atoms with Crippen molar-refractivity contribution in [2.75, 3.05) is 16.9 Å². The van der Waals surface area contributed by atoms with Crippen molar-refractivity contribution in [2.24, 2.45) is 0 Å². The third-order valence-electron chi connectivity index (χ3n) is 5.03. The van der Waals surface area contributed by atoms with Gasteiger partial charge in [0.05, 0.1) is 28.2 Å². The number of thiazole rings is 1. The summed E-state index contributed by atoms with van der Waals surface area (Å²) in [6, 6.07) is 14.2. The van der Waals surface area contributed by atoms with E-state index in [4.69, 9.17) is 5.26 Å². The summed E-state index contributed by atoms with van der Waals surface area (Å²) in [6.07, 6.45) is 0.510. The maximum absolute atomic E-state index is 13.2. The molecule has 1 unspecified atom stereocenters. The van der Waals surface area contributed by atoms with Crippen molar-refractivity contribution < 1.29 is 14.0 Å². The molecule has 2 heterocycles. The normalized spacial score (nSPS) is 15.4. The molecule has 32 heavy (non-hydrogen) atoms. The Balaban J connectivity index is 1.47. The van der Waals surface area contributed by atoms with Gasteiger partial charge < -0.3 is 10.2 Å². The van der Waals surface area contributed by atoms with Crippen LogP contribution in [0.15, 0.2) is 48.5 Å². The fourth-order valence-corrected chi connectivity index (χ4v) is 5.56. The lowest BCUT2D eigenvalue weighted by Crippen LogP contribution is -2.44. The first-order valence-corrected chi connectivity index (χ1v) is 11.8. The van der Waals surface area contributed by atoms with Gasteiger partial charge in [-0.2, -0.15) is 5.26 Å². The number of rotatable bonds is 5. The minimum absolute atomic E-state index is 0.213. The SMILES string of the molecule is Cc1nc(Cc2ccc(F)cc2)sc1C(=O)N1CSCC1C(=O)Nc1ccc(C#N)cc1. The Morgan fingerprint density at radius 2 is 1.94 bits per heavy atom. The zero-order chi connectivity index (χ0) is 22.7. The fraction of sp³-hybridized carbons (Fsp3) is 0.217. The van der Waals surface area contributed by atoms with Gasteiger partial charge in [-0.15, -0.1) is 23.1 Å². The van der Waals surface area contributed by atoms with Gasteiger partial charge in [0.25, 0.3) is 5.91 Å². The summed E-state index contributed by atoms with van der Waals surface area (Å²) in [5, 5.41) is 12.5. The molecular weight excluding hydrogens is 447 g/mol. The van der Waals surface area contributed by atoms with Gasteiger partial charge in [-0.25, -0.2) is 9.37 Å². The molecule has 6 nitrogen and oxygen atoms in total. The summed E-state index contributed by atoms with van der Waals surface area (Å²) in [5.41, 5.74) is 2.62. The number of anilines is 1. The molecule has 0 aliphatic carbocycles. The molecule has 9 heteroatoms. The quantitative estimate of drug-likeness (QED) is 0.609. The topological polar surface area (TPSA) is 86.1 Å². The van der Waals surface area contributed by atoms with E-state index in [9.17, 15) is 14.0 Å². The molecule has 1 N–H and O–H groups in total. The number of nitrogens with zero attached hydrogens (tertiary/aromatic N) is 3. The number of hydrogen-bond acceptors (Lipinski definition) is 6. The average molecular weight is 467 g/mol. The molecule has 3 aromatic rings. The Hall–Kier alpha value is -3.22. The van der Waals surface area contributed by atoms with Gasteiger partial charge in [-0.05, 0) is 48.9 Å². The minimum Gasteiger partial charge on any atom is -0.324 e. The number of carbonyl (C=O) groups is 2. The van der Waals surface area contributed by atoms with E-state index >= 15 is 0 Å². The number of benzene rings is 2. The molecule has 0 saturated carbocycles. The highest BCUT2D eigenvalue weighted by Gasteiger charge is 2.36. The van der Waals surface area contributed by atoms with Gasteiger partial charge in [-0.1, -0.05) is 12.1 Å². The van der Waals surface area contributed by atoms with Crippen LogP contribution < -0.4 is 5.32 Å². The van der Waals surface area contributed by atoms with Crippen molar-refractivity contribution in [3.05, 3.63) is 81.1 Å². The number of nitriles is 1. The van der Waals surface area contributed by atoms with E-state index in [2.05, 4.69) is 10.3 Å². The van der Waals surface area contributed by atoms with Crippen LogP contribution in [0.3, 0.4) is 0 Å². The van der Waals surface area contributed by atoms with Crippen LogP contribution in [0.25, 0.3) is 0 Å². The Bertz CT molecular complexity index is 1190. The van der Waals surface area contributed by atoms with Crippen LogP contribution in [-0.4, -0.2) is 39.4 Å². The molecule has 2 amide bonds. The Kier molecular flexibility index (Phi) is 6.53. The predicted molar refractivity (Wildman–Crippen MR) is 123 cm³/mol. The van der Waals surface area contributed by atoms with Crippen LogP contribution in [0, 0.1) is 24.1 Å². The average Bonchev–Trinajstić information content (AvgIpc) is 3.42. The second-order valence-corrected chi connectivity index (χ2v) is 9.38. The van der Waals surface area contributed by atoms with Gasteiger partial charge in [0.15, 0.2) is 0 Å². The second kappa shape index (κ2) is 9.51.